The maximum Gasteiger partial charge on any atom is 0.341 e. The first kappa shape index (κ1) is 17.4. The van der Waals surface area contributed by atoms with Gasteiger partial charge in [-0.2, -0.15) is 0 Å². The molecule has 1 aliphatic heterocycles. The number of aryl methyl sites for hydroxylation is 1. The van der Waals surface area contributed by atoms with Gasteiger partial charge in [0.25, 0.3) is 0 Å². The van der Waals surface area contributed by atoms with Crippen molar-refractivity contribution < 1.29 is 14.3 Å². The molecule has 1 aromatic heterocycles. The Morgan fingerprint density at radius 3 is 2.75 bits per heavy atom. The number of hydrogen-bond donors (Lipinski definition) is 1. The summed E-state index contributed by atoms with van der Waals surface area (Å²) in [5.74, 6) is 0.411. The number of amides is 1. The van der Waals surface area contributed by atoms with Crippen LogP contribution >= 0.6 is 11.3 Å². The monoisotopic (exact) mass is 350 g/mol. The van der Waals surface area contributed by atoms with Crippen molar-refractivity contribution in [1.82, 2.24) is 4.90 Å². The number of rotatable bonds is 5. The van der Waals surface area contributed by atoms with Gasteiger partial charge in [0.1, 0.15) is 5.00 Å². The maximum absolute atomic E-state index is 12.4. The van der Waals surface area contributed by atoms with Crippen LogP contribution in [0.2, 0.25) is 0 Å². The van der Waals surface area contributed by atoms with Crippen LogP contribution in [0.4, 0.5) is 5.00 Å². The molecule has 0 bridgehead atoms. The lowest BCUT2D eigenvalue weighted by atomic mass is 9.99. The highest BCUT2D eigenvalue weighted by Gasteiger charge is 2.28. The third kappa shape index (κ3) is 3.81. The lowest BCUT2D eigenvalue weighted by Gasteiger charge is -2.29. The van der Waals surface area contributed by atoms with E-state index in [1.807, 2.05) is 0 Å². The number of fused-ring (bicyclic) bond motifs is 1. The summed E-state index contributed by atoms with van der Waals surface area (Å²) in [6, 6.07) is 0. The smallest absolute Gasteiger partial charge is 0.341 e. The first-order valence-corrected chi connectivity index (χ1v) is 9.74. The number of nitrogens with one attached hydrogen (secondary N) is 1. The summed E-state index contributed by atoms with van der Waals surface area (Å²) in [5, 5.41) is 3.65. The first-order chi connectivity index (χ1) is 11.6. The molecule has 5 nitrogen and oxygen atoms in total. The van der Waals surface area contributed by atoms with Crippen LogP contribution in [0.15, 0.2) is 0 Å². The largest absolute Gasteiger partial charge is 0.462 e. The topological polar surface area (TPSA) is 58.6 Å². The van der Waals surface area contributed by atoms with Gasteiger partial charge in [-0.1, -0.05) is 6.92 Å². The molecule has 0 spiro atoms. The van der Waals surface area contributed by atoms with E-state index in [-0.39, 0.29) is 11.9 Å². The molecule has 0 radical (unpaired) electrons. The molecule has 3 rings (SSSR count). The van der Waals surface area contributed by atoms with Crippen molar-refractivity contribution in [3.63, 3.8) is 0 Å². The summed E-state index contributed by atoms with van der Waals surface area (Å²) < 4.78 is 5.20. The molecule has 1 saturated heterocycles. The molecule has 0 atom stereocenters. The highest BCUT2D eigenvalue weighted by molar-refractivity contribution is 7.17. The summed E-state index contributed by atoms with van der Waals surface area (Å²) in [6.45, 7) is 6.76. The Bertz CT molecular complexity index is 618. The second-order valence-electron chi connectivity index (χ2n) is 6.79. The standard InChI is InChI=1S/C18H26N2O3S/c1-3-23-18(22)16-13-5-4-6-14(13)24-17(16)19-15(21)11-20-9-7-12(2)8-10-20/h12H,3-11H2,1-2H3,(H,19,21). The summed E-state index contributed by atoms with van der Waals surface area (Å²) in [5.41, 5.74) is 1.68. The van der Waals surface area contributed by atoms with Crippen molar-refractivity contribution in [2.75, 3.05) is 31.6 Å². The molecule has 132 valence electrons. The van der Waals surface area contributed by atoms with E-state index in [0.29, 0.717) is 23.7 Å². The van der Waals surface area contributed by atoms with Crippen LogP contribution in [0.3, 0.4) is 0 Å². The van der Waals surface area contributed by atoms with Crippen molar-refractivity contribution in [1.29, 1.82) is 0 Å². The van der Waals surface area contributed by atoms with E-state index in [2.05, 4.69) is 17.1 Å². The molecule has 1 N–H and O–H groups in total. The molecule has 24 heavy (non-hydrogen) atoms. The predicted octanol–water partition coefficient (Wildman–Crippen LogP) is 3.08. The van der Waals surface area contributed by atoms with Gasteiger partial charge in [-0.05, 0) is 63.6 Å². The Hall–Kier alpha value is -1.40. The second kappa shape index (κ2) is 7.66. The molecule has 1 aliphatic carbocycles. The lowest BCUT2D eigenvalue weighted by molar-refractivity contribution is -0.117. The number of ether oxygens (including phenoxy) is 1. The van der Waals surface area contributed by atoms with Crippen LogP contribution in [-0.4, -0.2) is 43.0 Å². The number of hydrogen-bond acceptors (Lipinski definition) is 5. The van der Waals surface area contributed by atoms with Gasteiger partial charge in [0, 0.05) is 4.88 Å². The van der Waals surface area contributed by atoms with Gasteiger partial charge in [-0.15, -0.1) is 11.3 Å². The van der Waals surface area contributed by atoms with Crippen LogP contribution in [0.25, 0.3) is 0 Å². The molecule has 0 aromatic carbocycles. The SMILES string of the molecule is CCOC(=O)c1c(NC(=O)CN2CCC(C)CC2)sc2c1CCC2. The van der Waals surface area contributed by atoms with Crippen LogP contribution in [0.5, 0.6) is 0 Å². The van der Waals surface area contributed by atoms with Gasteiger partial charge >= 0.3 is 5.97 Å². The average molecular weight is 350 g/mol. The van der Waals surface area contributed by atoms with E-state index in [4.69, 9.17) is 4.74 Å². The number of carbonyl (C=O) groups excluding carboxylic acids is 2. The summed E-state index contributed by atoms with van der Waals surface area (Å²) in [4.78, 5) is 28.2. The van der Waals surface area contributed by atoms with Gasteiger partial charge in [-0.25, -0.2) is 4.79 Å². The Labute approximate surface area is 147 Å². The number of nitrogens with zero attached hydrogens (tertiary/aromatic N) is 1. The Kier molecular flexibility index (Phi) is 5.56. The predicted molar refractivity (Wildman–Crippen MR) is 95.8 cm³/mol. The molecule has 2 heterocycles. The molecular weight excluding hydrogens is 324 g/mol. The molecule has 0 unspecified atom stereocenters. The normalized spacial score (nSPS) is 18.4. The van der Waals surface area contributed by atoms with E-state index in [1.165, 1.54) is 4.88 Å². The maximum atomic E-state index is 12.4. The third-order valence-corrected chi connectivity index (χ3v) is 6.10. The van der Waals surface area contributed by atoms with Gasteiger partial charge in [-0.3, -0.25) is 9.69 Å². The minimum Gasteiger partial charge on any atom is -0.462 e. The van der Waals surface area contributed by atoms with Gasteiger partial charge < -0.3 is 10.1 Å². The Morgan fingerprint density at radius 1 is 1.29 bits per heavy atom. The lowest BCUT2D eigenvalue weighted by Crippen LogP contribution is -2.38. The van der Waals surface area contributed by atoms with Crippen molar-refractivity contribution >= 4 is 28.2 Å². The number of likely N-dealkylation sites (tertiary alicyclic amines) is 1. The fraction of sp³-hybridized carbons (Fsp3) is 0.667. The van der Waals surface area contributed by atoms with E-state index >= 15 is 0 Å². The molecule has 0 saturated carbocycles. The number of anilines is 1. The highest BCUT2D eigenvalue weighted by Crippen LogP contribution is 2.39. The molecule has 1 aromatic rings. The third-order valence-electron chi connectivity index (χ3n) is 4.90. The van der Waals surface area contributed by atoms with Gasteiger partial charge in [0.05, 0.1) is 18.7 Å². The quantitative estimate of drug-likeness (QED) is 0.829. The van der Waals surface area contributed by atoms with Crippen molar-refractivity contribution in [2.24, 2.45) is 5.92 Å². The Balaban J connectivity index is 1.68. The zero-order chi connectivity index (χ0) is 17.1. The van der Waals surface area contributed by atoms with Crippen LogP contribution < -0.4 is 5.32 Å². The molecular formula is C18H26N2O3S. The van der Waals surface area contributed by atoms with Crippen LogP contribution in [0, 0.1) is 5.92 Å². The highest BCUT2D eigenvalue weighted by atomic mass is 32.1. The first-order valence-electron chi connectivity index (χ1n) is 8.92. The van der Waals surface area contributed by atoms with E-state index in [1.54, 1.807) is 18.3 Å². The zero-order valence-electron chi connectivity index (χ0n) is 14.5. The van der Waals surface area contributed by atoms with Gasteiger partial charge in [0.2, 0.25) is 5.91 Å². The summed E-state index contributed by atoms with van der Waals surface area (Å²) >= 11 is 1.54. The summed E-state index contributed by atoms with van der Waals surface area (Å²) in [7, 11) is 0. The summed E-state index contributed by atoms with van der Waals surface area (Å²) in [6.07, 6.45) is 5.27. The van der Waals surface area contributed by atoms with Gasteiger partial charge in [0.15, 0.2) is 0 Å². The van der Waals surface area contributed by atoms with E-state index in [9.17, 15) is 9.59 Å². The van der Waals surface area contributed by atoms with E-state index in [0.717, 1.165) is 56.7 Å². The van der Waals surface area contributed by atoms with Crippen molar-refractivity contribution in [3.05, 3.63) is 16.0 Å². The molecule has 1 amide bonds. The Morgan fingerprint density at radius 2 is 2.04 bits per heavy atom. The molecule has 1 fully saturated rings. The second-order valence-corrected chi connectivity index (χ2v) is 7.89. The van der Waals surface area contributed by atoms with Crippen molar-refractivity contribution in [2.45, 2.75) is 46.0 Å². The van der Waals surface area contributed by atoms with Crippen LogP contribution in [-0.2, 0) is 22.4 Å². The number of thiophene rings is 1. The fourth-order valence-electron chi connectivity index (χ4n) is 3.50. The minimum absolute atomic E-state index is 0.0324. The van der Waals surface area contributed by atoms with Crippen LogP contribution in [0.1, 0.15) is 53.9 Å². The minimum atomic E-state index is -0.306. The fourth-order valence-corrected chi connectivity index (χ4v) is 4.79. The zero-order valence-corrected chi connectivity index (χ0v) is 15.3. The molecule has 6 heteroatoms. The van der Waals surface area contributed by atoms with E-state index < -0.39 is 0 Å². The number of carbonyl (C=O) groups is 2. The van der Waals surface area contributed by atoms with Crippen molar-refractivity contribution in [3.8, 4) is 0 Å². The molecule has 2 aliphatic rings. The number of piperidine rings is 1. The number of esters is 1. The average Bonchev–Trinajstić information content (AvgIpc) is 3.10.